The number of rotatable bonds is 7. The molecule has 0 aliphatic heterocycles. The number of anilines is 1. The van der Waals surface area contributed by atoms with E-state index in [2.05, 4.69) is 10.3 Å². The Hall–Kier alpha value is -2.60. The van der Waals surface area contributed by atoms with Gasteiger partial charge in [-0.25, -0.2) is 4.98 Å². The monoisotopic (exact) mass is 362 g/mol. The number of aryl methyl sites for hydroxylation is 1. The second-order valence-electron chi connectivity index (χ2n) is 5.27. The van der Waals surface area contributed by atoms with Gasteiger partial charge < -0.3 is 14.8 Å². The Bertz CT molecular complexity index is 751. The van der Waals surface area contributed by atoms with Gasteiger partial charge in [0.15, 0.2) is 11.3 Å². The van der Waals surface area contributed by atoms with Gasteiger partial charge in [0.1, 0.15) is 5.75 Å². The van der Waals surface area contributed by atoms with E-state index in [1.165, 1.54) is 13.1 Å². The van der Waals surface area contributed by atoms with Gasteiger partial charge in [0.05, 0.1) is 12.8 Å². The minimum Gasteiger partial charge on any atom is -0.496 e. The van der Waals surface area contributed by atoms with E-state index >= 15 is 0 Å². The second kappa shape index (κ2) is 9.03. The van der Waals surface area contributed by atoms with Gasteiger partial charge in [-0.1, -0.05) is 29.8 Å². The third kappa shape index (κ3) is 5.46. The van der Waals surface area contributed by atoms with E-state index in [0.717, 1.165) is 5.56 Å². The van der Waals surface area contributed by atoms with Gasteiger partial charge in [-0.3, -0.25) is 9.59 Å². The van der Waals surface area contributed by atoms with Crippen LogP contribution in [-0.4, -0.2) is 30.1 Å². The van der Waals surface area contributed by atoms with Crippen molar-refractivity contribution in [3.05, 3.63) is 53.3 Å². The molecule has 1 N–H and O–H groups in total. The molecule has 0 fully saturated rings. The zero-order valence-electron chi connectivity index (χ0n) is 14.0. The smallest absolute Gasteiger partial charge is 0.306 e. The summed E-state index contributed by atoms with van der Waals surface area (Å²) in [5.41, 5.74) is 1.27. The maximum absolute atomic E-state index is 12.1. The highest BCUT2D eigenvalue weighted by molar-refractivity contribution is 6.32. The first-order valence-corrected chi connectivity index (χ1v) is 8.12. The number of nitrogens with one attached hydrogen (secondary N) is 1. The lowest BCUT2D eigenvalue weighted by molar-refractivity contribution is -0.153. The Morgan fingerprint density at radius 2 is 2.00 bits per heavy atom. The van der Waals surface area contributed by atoms with E-state index in [1.54, 1.807) is 19.2 Å². The Morgan fingerprint density at radius 3 is 2.72 bits per heavy atom. The number of halogens is 1. The van der Waals surface area contributed by atoms with Gasteiger partial charge in [0.25, 0.3) is 5.91 Å². The number of hydrogen-bond donors (Lipinski definition) is 1. The van der Waals surface area contributed by atoms with Gasteiger partial charge in [0.2, 0.25) is 0 Å². The molecule has 25 heavy (non-hydrogen) atoms. The Kier molecular flexibility index (Phi) is 6.77. The maximum atomic E-state index is 12.1. The van der Waals surface area contributed by atoms with Crippen molar-refractivity contribution in [3.8, 4) is 5.75 Å². The first-order chi connectivity index (χ1) is 12.0. The number of pyridine rings is 1. The molecule has 1 amide bonds. The summed E-state index contributed by atoms with van der Waals surface area (Å²) in [5.74, 6) is -0.223. The number of carbonyl (C=O) groups excluding carboxylic acids is 2. The average Bonchev–Trinajstić information content (AvgIpc) is 2.62. The number of methoxy groups -OCH3 is 1. The zero-order valence-corrected chi connectivity index (χ0v) is 14.7. The average molecular weight is 363 g/mol. The molecule has 2 aromatic rings. The lowest BCUT2D eigenvalue weighted by Gasteiger charge is -2.14. The number of benzene rings is 1. The van der Waals surface area contributed by atoms with Crippen molar-refractivity contribution < 1.29 is 19.1 Å². The molecule has 0 unspecified atom stereocenters. The summed E-state index contributed by atoms with van der Waals surface area (Å²) in [6, 6.07) is 10.7. The van der Waals surface area contributed by atoms with Crippen LogP contribution in [-0.2, 0) is 20.7 Å². The molecule has 0 saturated heterocycles. The fraction of sp³-hybridized carbons (Fsp3) is 0.278. The summed E-state index contributed by atoms with van der Waals surface area (Å²) in [5, 5.41) is 2.75. The summed E-state index contributed by atoms with van der Waals surface area (Å²) in [6.07, 6.45) is 1.18. The molecule has 0 spiro atoms. The molecule has 6 nitrogen and oxygen atoms in total. The normalized spacial score (nSPS) is 11.5. The number of aromatic nitrogens is 1. The Morgan fingerprint density at radius 1 is 1.24 bits per heavy atom. The van der Waals surface area contributed by atoms with Gasteiger partial charge in [-0.05, 0) is 37.1 Å². The van der Waals surface area contributed by atoms with E-state index in [1.807, 2.05) is 24.3 Å². The third-order valence-electron chi connectivity index (χ3n) is 3.49. The van der Waals surface area contributed by atoms with Crippen LogP contribution in [0.5, 0.6) is 5.75 Å². The van der Waals surface area contributed by atoms with Crippen LogP contribution in [0.15, 0.2) is 42.6 Å². The van der Waals surface area contributed by atoms with Crippen molar-refractivity contribution in [1.29, 1.82) is 0 Å². The molecule has 1 heterocycles. The lowest BCUT2D eigenvalue weighted by atomic mass is 10.1. The predicted molar refractivity (Wildman–Crippen MR) is 94.7 cm³/mol. The van der Waals surface area contributed by atoms with Crippen LogP contribution < -0.4 is 10.1 Å². The van der Waals surface area contributed by atoms with Gasteiger partial charge in [-0.15, -0.1) is 0 Å². The van der Waals surface area contributed by atoms with Crippen LogP contribution in [0.3, 0.4) is 0 Å². The predicted octanol–water partition coefficient (Wildman–Crippen LogP) is 3.25. The molecule has 132 valence electrons. The lowest BCUT2D eigenvalue weighted by Crippen LogP contribution is -2.30. The summed E-state index contributed by atoms with van der Waals surface area (Å²) in [6.45, 7) is 1.50. The van der Waals surface area contributed by atoms with Crippen LogP contribution in [0.4, 0.5) is 5.69 Å². The molecule has 1 aromatic heterocycles. The van der Waals surface area contributed by atoms with Crippen LogP contribution in [0.1, 0.15) is 18.9 Å². The van der Waals surface area contributed by atoms with E-state index < -0.39 is 18.0 Å². The first-order valence-electron chi connectivity index (χ1n) is 7.74. The fourth-order valence-electron chi connectivity index (χ4n) is 2.17. The number of carbonyl (C=O) groups is 2. The molecule has 1 atom stereocenters. The van der Waals surface area contributed by atoms with Crippen molar-refractivity contribution in [3.63, 3.8) is 0 Å². The molecule has 0 radical (unpaired) electrons. The van der Waals surface area contributed by atoms with E-state index in [0.29, 0.717) is 17.9 Å². The molecule has 7 heteroatoms. The van der Waals surface area contributed by atoms with Crippen molar-refractivity contribution in [2.24, 2.45) is 0 Å². The molecule has 0 saturated carbocycles. The minimum absolute atomic E-state index is 0.144. The maximum Gasteiger partial charge on any atom is 0.306 e. The highest BCUT2D eigenvalue weighted by atomic mass is 35.5. The van der Waals surface area contributed by atoms with Crippen molar-refractivity contribution in [2.45, 2.75) is 25.9 Å². The molecule has 1 aromatic carbocycles. The first kappa shape index (κ1) is 18.7. The summed E-state index contributed by atoms with van der Waals surface area (Å²) >= 11 is 5.88. The summed E-state index contributed by atoms with van der Waals surface area (Å²) < 4.78 is 10.4. The molecule has 0 aliphatic rings. The molecule has 2 rings (SSSR count). The van der Waals surface area contributed by atoms with Gasteiger partial charge in [0, 0.05) is 12.6 Å². The quantitative estimate of drug-likeness (QED) is 0.604. The number of hydrogen-bond acceptors (Lipinski definition) is 5. The van der Waals surface area contributed by atoms with E-state index in [9.17, 15) is 9.59 Å². The van der Waals surface area contributed by atoms with Crippen LogP contribution in [0, 0.1) is 0 Å². The largest absolute Gasteiger partial charge is 0.496 e. The Balaban J connectivity index is 1.85. The number of ether oxygens (including phenoxy) is 2. The van der Waals surface area contributed by atoms with E-state index in [-0.39, 0.29) is 11.6 Å². The molecule has 0 aliphatic carbocycles. The van der Waals surface area contributed by atoms with Crippen molar-refractivity contribution >= 4 is 29.2 Å². The molecule has 0 bridgehead atoms. The Labute approximate surface area is 151 Å². The number of nitrogens with zero attached hydrogens (tertiary/aromatic N) is 1. The molecular formula is C18H19ClN2O4. The second-order valence-corrected chi connectivity index (χ2v) is 5.63. The topological polar surface area (TPSA) is 77.5 Å². The van der Waals surface area contributed by atoms with Crippen LogP contribution in [0.2, 0.25) is 5.15 Å². The van der Waals surface area contributed by atoms with Crippen LogP contribution >= 0.6 is 11.6 Å². The number of esters is 1. The highest BCUT2D eigenvalue weighted by Gasteiger charge is 2.19. The van der Waals surface area contributed by atoms with Gasteiger partial charge >= 0.3 is 5.97 Å². The molecular weight excluding hydrogens is 344 g/mol. The minimum atomic E-state index is -0.943. The van der Waals surface area contributed by atoms with Crippen LogP contribution in [0.25, 0.3) is 0 Å². The summed E-state index contributed by atoms with van der Waals surface area (Å²) in [7, 11) is 1.58. The van der Waals surface area contributed by atoms with Gasteiger partial charge in [-0.2, -0.15) is 0 Å². The highest BCUT2D eigenvalue weighted by Crippen LogP contribution is 2.20. The zero-order chi connectivity index (χ0) is 18.2. The van der Waals surface area contributed by atoms with Crippen molar-refractivity contribution in [1.82, 2.24) is 4.98 Å². The summed E-state index contributed by atoms with van der Waals surface area (Å²) in [4.78, 5) is 27.9. The SMILES string of the molecule is COc1ccccc1CCC(=O)O[C@@H](C)C(=O)Nc1cccnc1Cl. The van der Waals surface area contributed by atoms with Crippen molar-refractivity contribution in [2.75, 3.05) is 12.4 Å². The third-order valence-corrected chi connectivity index (χ3v) is 3.79. The van der Waals surface area contributed by atoms with E-state index in [4.69, 9.17) is 21.1 Å². The number of amides is 1. The fourth-order valence-corrected chi connectivity index (χ4v) is 2.34. The standard InChI is InChI=1S/C18H19ClN2O4/c1-12(18(23)21-14-7-5-11-20-17(14)19)25-16(22)10-9-13-6-3-4-8-15(13)24-2/h3-8,11-12H,9-10H2,1-2H3,(H,21,23)/t12-/m0/s1. The number of para-hydroxylation sites is 1.